The summed E-state index contributed by atoms with van der Waals surface area (Å²) in [5.41, 5.74) is 2.97. The van der Waals surface area contributed by atoms with Gasteiger partial charge >= 0.3 is 0 Å². The van der Waals surface area contributed by atoms with Gasteiger partial charge in [-0.3, -0.25) is 0 Å². The van der Waals surface area contributed by atoms with Crippen LogP contribution < -0.4 is 0 Å². The van der Waals surface area contributed by atoms with Crippen molar-refractivity contribution in [3.63, 3.8) is 0 Å². The molecule has 0 fully saturated rings. The van der Waals surface area contributed by atoms with Gasteiger partial charge < -0.3 is 9.52 Å². The Balaban J connectivity index is 2.92. The molecule has 0 bridgehead atoms. The molecule has 62 valence electrons. The van der Waals surface area contributed by atoms with Gasteiger partial charge in [-0.25, -0.2) is 0 Å². The van der Waals surface area contributed by atoms with Crippen LogP contribution in [-0.2, 0) is 0 Å². The van der Waals surface area contributed by atoms with Crippen molar-refractivity contribution in [2.45, 2.75) is 13.8 Å². The number of aromatic hydroxyl groups is 1. The van der Waals surface area contributed by atoms with E-state index in [9.17, 15) is 5.11 Å². The highest BCUT2D eigenvalue weighted by atomic mass is 16.4. The minimum atomic E-state index is 0.219. The summed E-state index contributed by atoms with van der Waals surface area (Å²) in [5.74, 6) is 0.219. The van der Waals surface area contributed by atoms with Crippen LogP contribution in [0.1, 0.15) is 11.1 Å². The fourth-order valence-corrected chi connectivity index (χ4v) is 1.48. The molecule has 0 unspecified atom stereocenters. The molecule has 2 aromatic rings. The molecular formula is C10H10O2. The van der Waals surface area contributed by atoms with Crippen molar-refractivity contribution in [3.05, 3.63) is 29.5 Å². The van der Waals surface area contributed by atoms with Crippen molar-refractivity contribution in [2.24, 2.45) is 0 Å². The zero-order valence-corrected chi connectivity index (χ0v) is 7.09. The van der Waals surface area contributed by atoms with Crippen LogP contribution in [0.5, 0.6) is 5.75 Å². The number of benzene rings is 1. The Hall–Kier alpha value is -1.44. The third-order valence-electron chi connectivity index (χ3n) is 1.98. The second-order valence-electron chi connectivity index (χ2n) is 3.08. The van der Waals surface area contributed by atoms with E-state index in [-0.39, 0.29) is 5.75 Å². The van der Waals surface area contributed by atoms with Crippen LogP contribution in [0.25, 0.3) is 11.0 Å². The van der Waals surface area contributed by atoms with Crippen molar-refractivity contribution in [3.8, 4) is 5.75 Å². The van der Waals surface area contributed by atoms with E-state index in [1.165, 1.54) is 6.26 Å². The Labute approximate surface area is 70.4 Å². The number of furan rings is 1. The molecule has 1 heterocycles. The Morgan fingerprint density at radius 1 is 1.25 bits per heavy atom. The predicted octanol–water partition coefficient (Wildman–Crippen LogP) is 2.76. The first kappa shape index (κ1) is 7.22. The fraction of sp³-hybridized carbons (Fsp3) is 0.200. The number of aryl methyl sites for hydroxylation is 2. The Kier molecular flexibility index (Phi) is 1.37. The summed E-state index contributed by atoms with van der Waals surface area (Å²) in [4.78, 5) is 0. The van der Waals surface area contributed by atoms with Gasteiger partial charge in [0.1, 0.15) is 11.8 Å². The normalized spacial score (nSPS) is 10.8. The maximum atomic E-state index is 9.37. The molecular weight excluding hydrogens is 152 g/mol. The van der Waals surface area contributed by atoms with Crippen molar-refractivity contribution >= 4 is 11.0 Å². The van der Waals surface area contributed by atoms with Gasteiger partial charge in [-0.2, -0.15) is 0 Å². The molecule has 0 amide bonds. The van der Waals surface area contributed by atoms with E-state index in [1.807, 2.05) is 26.0 Å². The molecule has 0 saturated heterocycles. The number of hydrogen-bond donors (Lipinski definition) is 1. The third-order valence-corrected chi connectivity index (χ3v) is 1.98. The molecule has 0 saturated carbocycles. The SMILES string of the molecule is Cc1cc(C)c2occ(O)c2c1. The van der Waals surface area contributed by atoms with Crippen molar-refractivity contribution < 1.29 is 9.52 Å². The molecule has 0 aliphatic carbocycles. The van der Waals surface area contributed by atoms with Gasteiger partial charge in [-0.1, -0.05) is 6.07 Å². The van der Waals surface area contributed by atoms with E-state index in [4.69, 9.17) is 4.42 Å². The van der Waals surface area contributed by atoms with E-state index in [1.54, 1.807) is 0 Å². The molecule has 0 spiro atoms. The van der Waals surface area contributed by atoms with Gasteiger partial charge in [-0.15, -0.1) is 0 Å². The van der Waals surface area contributed by atoms with E-state index in [0.29, 0.717) is 0 Å². The minimum absolute atomic E-state index is 0.219. The second kappa shape index (κ2) is 2.27. The van der Waals surface area contributed by atoms with Gasteiger partial charge in [0.25, 0.3) is 0 Å². The summed E-state index contributed by atoms with van der Waals surface area (Å²) >= 11 is 0. The summed E-state index contributed by atoms with van der Waals surface area (Å²) in [6, 6.07) is 3.95. The highest BCUT2D eigenvalue weighted by Crippen LogP contribution is 2.29. The number of rotatable bonds is 0. The Bertz CT molecular complexity index is 427. The summed E-state index contributed by atoms with van der Waals surface area (Å²) in [5, 5.41) is 10.2. The van der Waals surface area contributed by atoms with Crippen LogP contribution in [-0.4, -0.2) is 5.11 Å². The largest absolute Gasteiger partial charge is 0.504 e. The van der Waals surface area contributed by atoms with E-state index in [0.717, 1.165) is 22.1 Å². The average molecular weight is 162 g/mol. The lowest BCUT2D eigenvalue weighted by Gasteiger charge is -1.96. The summed E-state index contributed by atoms with van der Waals surface area (Å²) < 4.78 is 5.18. The summed E-state index contributed by atoms with van der Waals surface area (Å²) in [6.45, 7) is 3.97. The standard InChI is InChI=1S/C10H10O2/c1-6-3-7(2)10-8(4-6)9(11)5-12-10/h3-5,11H,1-2H3. The molecule has 0 aliphatic heterocycles. The first-order chi connectivity index (χ1) is 5.68. The summed E-state index contributed by atoms with van der Waals surface area (Å²) in [6.07, 6.45) is 1.37. The second-order valence-corrected chi connectivity index (χ2v) is 3.08. The maximum Gasteiger partial charge on any atom is 0.161 e. The van der Waals surface area contributed by atoms with Crippen molar-refractivity contribution in [1.82, 2.24) is 0 Å². The van der Waals surface area contributed by atoms with Gasteiger partial charge in [0.05, 0.1) is 5.39 Å². The smallest absolute Gasteiger partial charge is 0.161 e. The minimum Gasteiger partial charge on any atom is -0.504 e. The van der Waals surface area contributed by atoms with E-state index in [2.05, 4.69) is 0 Å². The van der Waals surface area contributed by atoms with Crippen LogP contribution >= 0.6 is 0 Å². The number of fused-ring (bicyclic) bond motifs is 1. The molecule has 1 N–H and O–H groups in total. The third kappa shape index (κ3) is 0.881. The predicted molar refractivity (Wildman–Crippen MR) is 47.4 cm³/mol. The Morgan fingerprint density at radius 2 is 2.00 bits per heavy atom. The van der Waals surface area contributed by atoms with Crippen molar-refractivity contribution in [2.75, 3.05) is 0 Å². The van der Waals surface area contributed by atoms with Crippen LogP contribution in [0.3, 0.4) is 0 Å². The van der Waals surface area contributed by atoms with Crippen LogP contribution in [0.4, 0.5) is 0 Å². The molecule has 0 aliphatic rings. The lowest BCUT2D eigenvalue weighted by Crippen LogP contribution is -1.76. The van der Waals surface area contributed by atoms with Gasteiger partial charge in [-0.05, 0) is 31.0 Å². The molecule has 12 heavy (non-hydrogen) atoms. The van der Waals surface area contributed by atoms with E-state index < -0.39 is 0 Å². The zero-order chi connectivity index (χ0) is 8.72. The first-order valence-electron chi connectivity index (χ1n) is 3.86. The van der Waals surface area contributed by atoms with Gasteiger partial charge in [0.2, 0.25) is 0 Å². The van der Waals surface area contributed by atoms with Gasteiger partial charge in [0.15, 0.2) is 5.75 Å². The van der Waals surface area contributed by atoms with Crippen LogP contribution in [0, 0.1) is 13.8 Å². The van der Waals surface area contributed by atoms with Crippen molar-refractivity contribution in [1.29, 1.82) is 0 Å². The molecule has 2 heteroatoms. The van der Waals surface area contributed by atoms with E-state index >= 15 is 0 Å². The molecule has 0 radical (unpaired) electrons. The molecule has 1 aromatic carbocycles. The van der Waals surface area contributed by atoms with Crippen LogP contribution in [0.2, 0.25) is 0 Å². The highest BCUT2D eigenvalue weighted by molar-refractivity contribution is 5.86. The average Bonchev–Trinajstić information content (AvgIpc) is 2.33. The molecule has 0 atom stereocenters. The molecule has 1 aromatic heterocycles. The maximum absolute atomic E-state index is 9.37. The fourth-order valence-electron chi connectivity index (χ4n) is 1.48. The van der Waals surface area contributed by atoms with Gasteiger partial charge in [0, 0.05) is 0 Å². The molecule has 2 rings (SSSR count). The zero-order valence-electron chi connectivity index (χ0n) is 7.09. The lowest BCUT2D eigenvalue weighted by atomic mass is 10.1. The molecule has 2 nitrogen and oxygen atoms in total. The van der Waals surface area contributed by atoms with Crippen LogP contribution in [0.15, 0.2) is 22.8 Å². The first-order valence-corrected chi connectivity index (χ1v) is 3.86. The number of hydrogen-bond acceptors (Lipinski definition) is 2. The lowest BCUT2D eigenvalue weighted by molar-refractivity contribution is 0.464. The monoisotopic (exact) mass is 162 g/mol. The Morgan fingerprint density at radius 3 is 2.75 bits per heavy atom. The summed E-state index contributed by atoms with van der Waals surface area (Å²) in [7, 11) is 0. The quantitative estimate of drug-likeness (QED) is 0.646. The highest BCUT2D eigenvalue weighted by Gasteiger charge is 2.06. The topological polar surface area (TPSA) is 33.4 Å².